The smallest absolute Gasteiger partial charge is 0.318 e. The maximum Gasteiger partial charge on any atom is 0.318 e. The zero-order chi connectivity index (χ0) is 71.5. The van der Waals surface area contributed by atoms with E-state index in [1.165, 1.54) is 44.2 Å². The number of hydrogen-bond acceptors (Lipinski definition) is 11. The lowest BCUT2D eigenvalue weighted by Gasteiger charge is -2.25. The number of likely N-dealkylation sites (tertiary alicyclic amines) is 1. The first-order valence-corrected chi connectivity index (χ1v) is 31.3. The zero-order valence-corrected chi connectivity index (χ0v) is 57.8. The lowest BCUT2D eigenvalue weighted by molar-refractivity contribution is -0.128. The number of hydrogen-bond donors (Lipinski definition) is 8. The van der Waals surface area contributed by atoms with Crippen molar-refractivity contribution >= 4 is 105 Å². The van der Waals surface area contributed by atoms with Gasteiger partial charge in [-0.1, -0.05) is 163 Å². The standard InChI is InChI=1S/C18H15N.C12H11N.C11H13NO.2C6H6ClN.C5H12N2O.C4H8N2O.C4H5NO2.C4H9NO.C3H6.CH4N2O/c1-4-10-16(11-5-1)19(17-12-6-2-7-13-17)18-14-8-3-9-15-18;1-3-7-11(8-4-1)13-12-9-5-2-6-10-12;13-11-7-4-8-12(11)9-10-5-2-1-3-6-10;7-5-1-3-6(8)4-2-5;7-5-3-1-2-4-6(5)8;1-6(2)5(8)7(3)4;7-4-5-2-1-3-6-4;6-3-1-2-4(7)5-3;1-4(6)5(2)3;1-3-2;2-1(3)4/h1-15H;1-10,13H;1-3,5-6H,4,7-9H2;2*1-4H,8H2;1-4H3;1-3H2,(H2,5,6,7);1-2H2,(H,5,6,7);1-3H3;3H,1H2,2H3;(H4,2,3,4). The van der Waals surface area contributed by atoms with Crippen molar-refractivity contribution in [3.05, 3.63) is 259 Å². The van der Waals surface area contributed by atoms with E-state index in [2.05, 4.69) is 129 Å². The summed E-state index contributed by atoms with van der Waals surface area (Å²) in [6, 6.07) is 75.1. The van der Waals surface area contributed by atoms with E-state index in [1.807, 2.05) is 121 Å². The lowest BCUT2D eigenvalue weighted by Crippen LogP contribution is -2.42. The number of para-hydroxylation sites is 6. The van der Waals surface area contributed by atoms with Gasteiger partial charge in [0, 0.05) is 134 Å². The minimum Gasteiger partial charge on any atom is -0.399 e. The fourth-order valence-corrected chi connectivity index (χ4v) is 7.72. The number of nitrogens with two attached hydrogens (primary N) is 4. The van der Waals surface area contributed by atoms with E-state index in [4.69, 9.17) is 39.5 Å². The highest BCUT2D eigenvalue weighted by atomic mass is 35.5. The molecule has 11 rings (SSSR count). The molecule has 3 fully saturated rings. The summed E-state index contributed by atoms with van der Waals surface area (Å²) in [5.74, 6) is 0.0915. The molecule has 20 nitrogen and oxygen atoms in total. The highest BCUT2D eigenvalue weighted by Crippen LogP contribution is 2.33. The summed E-state index contributed by atoms with van der Waals surface area (Å²) >= 11 is 11.1. The molecular weight excluding hydrogens is 1250 g/mol. The Hall–Kier alpha value is -10.8. The number of nitrogen functional groups attached to an aromatic ring is 2. The molecule has 22 heteroatoms. The van der Waals surface area contributed by atoms with Gasteiger partial charge in [0.05, 0.1) is 10.7 Å². The van der Waals surface area contributed by atoms with Crippen LogP contribution in [0.3, 0.4) is 0 Å². The fourth-order valence-electron chi connectivity index (χ4n) is 7.46. The molecule has 0 saturated carbocycles. The van der Waals surface area contributed by atoms with Gasteiger partial charge in [-0.05, 0) is 122 Å². The van der Waals surface area contributed by atoms with Crippen LogP contribution in [0.25, 0.3) is 0 Å². The van der Waals surface area contributed by atoms with Gasteiger partial charge in [0.25, 0.3) is 0 Å². The van der Waals surface area contributed by atoms with E-state index in [0.717, 1.165) is 67.5 Å². The molecule has 0 spiro atoms. The van der Waals surface area contributed by atoms with Gasteiger partial charge in [-0.2, -0.15) is 0 Å². The van der Waals surface area contributed by atoms with Crippen LogP contribution in [-0.2, 0) is 25.7 Å². The predicted molar refractivity (Wildman–Crippen MR) is 395 cm³/mol. The molecule has 3 aliphatic rings. The van der Waals surface area contributed by atoms with Crippen LogP contribution >= 0.6 is 23.2 Å². The molecule has 0 atom stereocenters. The average molecular weight is 1350 g/mol. The third-order valence-electron chi connectivity index (χ3n) is 12.2. The number of amides is 10. The fraction of sp³-hybridized carbons (Fsp3) is 0.230. The number of halogens is 2. The Kier molecular flexibility index (Phi) is 43.9. The second-order valence-electron chi connectivity index (χ2n) is 21.0. The Morgan fingerprint density at radius 3 is 1.15 bits per heavy atom. The summed E-state index contributed by atoms with van der Waals surface area (Å²) in [7, 11) is 10.3. The largest absolute Gasteiger partial charge is 0.399 e. The average Bonchev–Trinajstić information content (AvgIpc) is 1.05. The number of nitrogens with zero attached hydrogens (tertiary/aromatic N) is 5. The molecule has 3 heterocycles. The number of nitrogens with one attached hydrogen (secondary N) is 4. The van der Waals surface area contributed by atoms with Crippen LogP contribution < -0.4 is 49.1 Å². The Bertz CT molecular complexity index is 3230. The normalized spacial score (nSPS) is 11.6. The second-order valence-corrected chi connectivity index (χ2v) is 21.8. The molecule has 8 aromatic carbocycles. The lowest BCUT2D eigenvalue weighted by atomic mass is 10.2. The Morgan fingerprint density at radius 2 is 0.885 bits per heavy atom. The number of rotatable bonds is 7. The Morgan fingerprint density at radius 1 is 0.531 bits per heavy atom. The van der Waals surface area contributed by atoms with Crippen LogP contribution in [0.15, 0.2) is 243 Å². The summed E-state index contributed by atoms with van der Waals surface area (Å²) in [5, 5.41) is 12.0. The number of anilines is 7. The molecule has 10 amide bonds. The first-order chi connectivity index (χ1) is 45.9. The third-order valence-corrected chi connectivity index (χ3v) is 12.8. The molecule has 0 bridgehead atoms. The molecule has 0 aliphatic carbocycles. The first kappa shape index (κ1) is 83.2. The highest BCUT2D eigenvalue weighted by Gasteiger charge is 2.20. The van der Waals surface area contributed by atoms with Crippen LogP contribution in [0.2, 0.25) is 10.0 Å². The van der Waals surface area contributed by atoms with Crippen molar-refractivity contribution in [2.45, 2.75) is 52.5 Å². The Balaban J connectivity index is 0.000000546. The van der Waals surface area contributed by atoms with Crippen molar-refractivity contribution in [2.24, 2.45) is 11.5 Å². The van der Waals surface area contributed by atoms with Crippen LogP contribution in [0, 0.1) is 0 Å². The minimum absolute atomic E-state index is 0.0185. The molecule has 8 aromatic rings. The second kappa shape index (κ2) is 50.7. The van der Waals surface area contributed by atoms with E-state index in [1.54, 1.807) is 84.8 Å². The Labute approximate surface area is 577 Å². The number of carbonyl (C=O) groups is 7. The number of carbonyl (C=O) groups excluding carboxylic acids is 7. The van der Waals surface area contributed by atoms with E-state index >= 15 is 0 Å². The van der Waals surface area contributed by atoms with Crippen molar-refractivity contribution in [1.29, 1.82) is 0 Å². The molecule has 96 heavy (non-hydrogen) atoms. The van der Waals surface area contributed by atoms with Crippen molar-refractivity contribution in [1.82, 2.24) is 35.6 Å². The van der Waals surface area contributed by atoms with Gasteiger partial charge in [0.15, 0.2) is 0 Å². The maximum atomic E-state index is 11.3. The van der Waals surface area contributed by atoms with E-state index in [-0.39, 0.29) is 29.8 Å². The molecule has 3 saturated heterocycles. The number of imide groups is 1. The number of benzene rings is 8. The summed E-state index contributed by atoms with van der Waals surface area (Å²) in [5.41, 5.74) is 27.6. The first-order valence-electron chi connectivity index (χ1n) is 30.6. The van der Waals surface area contributed by atoms with Gasteiger partial charge in [0.2, 0.25) is 23.6 Å². The summed E-state index contributed by atoms with van der Waals surface area (Å²) in [6.45, 7) is 10.1. The van der Waals surface area contributed by atoms with Gasteiger partial charge >= 0.3 is 18.1 Å². The topological polar surface area (TPSA) is 288 Å². The minimum atomic E-state index is -0.833. The monoisotopic (exact) mass is 1350 g/mol. The summed E-state index contributed by atoms with van der Waals surface area (Å²) < 4.78 is 0. The number of allylic oxidation sites excluding steroid dienone is 1. The molecule has 512 valence electrons. The van der Waals surface area contributed by atoms with Crippen molar-refractivity contribution < 1.29 is 33.6 Å². The highest BCUT2D eigenvalue weighted by molar-refractivity contribution is 6.33. The number of primary amides is 2. The molecule has 12 N–H and O–H groups in total. The molecular formula is C74H95Cl2N13O7. The van der Waals surface area contributed by atoms with Crippen LogP contribution in [-0.4, -0.2) is 123 Å². The van der Waals surface area contributed by atoms with Gasteiger partial charge in [0.1, 0.15) is 0 Å². The maximum absolute atomic E-state index is 11.3. The van der Waals surface area contributed by atoms with Gasteiger partial charge in [-0.25, -0.2) is 14.4 Å². The SMILES string of the molecule is C=CC.CC(=O)N(C)C.CN(C)C(=O)N(C)C.NC(N)=O.Nc1ccc(Cl)cc1.Nc1ccccc1Cl.O=C1CCC(=O)N1.O=C1CCCN1Cc1ccccc1.O=C1NCCCN1.c1ccc(N(c2ccccc2)c2ccccc2)cc1.c1ccc(Nc2ccccc2)cc1. The molecule has 0 radical (unpaired) electrons. The molecule has 3 aliphatic heterocycles. The predicted octanol–water partition coefficient (Wildman–Crippen LogP) is 13.9. The summed E-state index contributed by atoms with van der Waals surface area (Å²) in [6.07, 6.45) is 5.29. The number of urea groups is 3. The van der Waals surface area contributed by atoms with E-state index in [0.29, 0.717) is 29.5 Å². The molecule has 0 unspecified atom stereocenters. The van der Waals surface area contributed by atoms with Crippen molar-refractivity contribution in [3.63, 3.8) is 0 Å². The van der Waals surface area contributed by atoms with Gasteiger partial charge in [-0.3, -0.25) is 24.5 Å². The molecule has 0 aromatic heterocycles. The van der Waals surface area contributed by atoms with E-state index in [9.17, 15) is 28.8 Å². The van der Waals surface area contributed by atoms with E-state index < -0.39 is 6.03 Å². The van der Waals surface area contributed by atoms with Crippen LogP contribution in [0.1, 0.15) is 51.5 Å². The quantitative estimate of drug-likeness (QED) is 0.0422. The van der Waals surface area contributed by atoms with Gasteiger partial charge in [-0.15, -0.1) is 6.58 Å². The van der Waals surface area contributed by atoms with Crippen molar-refractivity contribution in [3.8, 4) is 0 Å². The third kappa shape index (κ3) is 40.9. The summed E-state index contributed by atoms with van der Waals surface area (Å²) in [4.78, 5) is 80.3. The zero-order valence-electron chi connectivity index (χ0n) is 56.2. The van der Waals surface area contributed by atoms with Crippen molar-refractivity contribution in [2.75, 3.05) is 83.6 Å². The van der Waals surface area contributed by atoms with Crippen LogP contribution in [0.5, 0.6) is 0 Å². The van der Waals surface area contributed by atoms with Crippen LogP contribution in [0.4, 0.5) is 54.2 Å². The van der Waals surface area contributed by atoms with Gasteiger partial charge < -0.3 is 63.4 Å².